The van der Waals surface area contributed by atoms with E-state index < -0.39 is 11.9 Å². The Hall–Kier alpha value is -1.95. The van der Waals surface area contributed by atoms with Gasteiger partial charge in [0.1, 0.15) is 0 Å². The first-order valence-electron chi connectivity index (χ1n) is 4.87. The largest absolute Gasteiger partial charge is 0.351 e. The summed E-state index contributed by atoms with van der Waals surface area (Å²) in [5.41, 5.74) is 5.92. The molecule has 0 aliphatic carbocycles. The van der Waals surface area contributed by atoms with Gasteiger partial charge in [0, 0.05) is 12.4 Å². The molecule has 16 heavy (non-hydrogen) atoms. The van der Waals surface area contributed by atoms with Crippen LogP contribution in [0.2, 0.25) is 0 Å². The van der Waals surface area contributed by atoms with Gasteiger partial charge in [-0.15, -0.1) is 0 Å². The van der Waals surface area contributed by atoms with Crippen molar-refractivity contribution in [1.82, 2.24) is 15.6 Å². The van der Waals surface area contributed by atoms with Crippen molar-refractivity contribution in [2.75, 3.05) is 13.1 Å². The van der Waals surface area contributed by atoms with E-state index in [1.165, 1.54) is 0 Å². The number of hydrogen-bond donors (Lipinski definition) is 3. The second kappa shape index (κ2) is 6.52. The van der Waals surface area contributed by atoms with Crippen LogP contribution >= 0.6 is 0 Å². The normalized spacial score (nSPS) is 9.75. The van der Waals surface area contributed by atoms with Gasteiger partial charge in [-0.2, -0.15) is 0 Å². The number of aromatic nitrogens is 1. The molecule has 0 atom stereocenters. The van der Waals surface area contributed by atoms with Crippen molar-refractivity contribution in [3.05, 3.63) is 30.1 Å². The maximum atomic E-state index is 11.0. The van der Waals surface area contributed by atoms with Crippen LogP contribution in [-0.4, -0.2) is 30.0 Å². The van der Waals surface area contributed by atoms with Crippen molar-refractivity contribution in [2.45, 2.75) is 6.42 Å². The van der Waals surface area contributed by atoms with Gasteiger partial charge in [-0.05, 0) is 30.7 Å². The minimum absolute atomic E-state index is 0.0774. The molecule has 1 aromatic heterocycles. The lowest BCUT2D eigenvalue weighted by Gasteiger charge is -2.04. The van der Waals surface area contributed by atoms with Gasteiger partial charge in [-0.3, -0.25) is 15.1 Å². The minimum atomic E-state index is -0.832. The number of nitrogens with one attached hydrogen (secondary N) is 2. The van der Waals surface area contributed by atoms with Gasteiger partial charge in [0.25, 0.3) is 0 Å². The molecule has 86 valence electrons. The molecule has 0 fully saturated rings. The Labute approximate surface area is 93.2 Å². The molecule has 0 aromatic carbocycles. The second-order valence-corrected chi connectivity index (χ2v) is 3.19. The number of imide groups is 1. The Balaban J connectivity index is 2.13. The van der Waals surface area contributed by atoms with E-state index in [0.717, 1.165) is 12.0 Å². The number of carbonyl (C=O) groups is 2. The highest BCUT2D eigenvalue weighted by atomic mass is 16.2. The fraction of sp³-hybridized carbons (Fsp3) is 0.300. The number of carbonyl (C=O) groups excluding carboxylic acids is 2. The molecule has 6 nitrogen and oxygen atoms in total. The van der Waals surface area contributed by atoms with Crippen molar-refractivity contribution in [3.8, 4) is 0 Å². The highest BCUT2D eigenvalue weighted by molar-refractivity contribution is 5.94. The van der Waals surface area contributed by atoms with Crippen LogP contribution in [0.4, 0.5) is 4.79 Å². The predicted molar refractivity (Wildman–Crippen MR) is 58.5 cm³/mol. The predicted octanol–water partition coefficient (Wildman–Crippen LogP) is -0.591. The molecule has 0 spiro atoms. The number of pyridine rings is 1. The molecule has 0 aliphatic rings. The Kier molecular flexibility index (Phi) is 4.94. The van der Waals surface area contributed by atoms with E-state index in [2.05, 4.69) is 10.3 Å². The van der Waals surface area contributed by atoms with Gasteiger partial charge in [-0.25, -0.2) is 4.79 Å². The number of primary amides is 1. The minimum Gasteiger partial charge on any atom is -0.351 e. The number of rotatable bonds is 5. The quantitative estimate of drug-likeness (QED) is 0.580. The highest BCUT2D eigenvalue weighted by Gasteiger charge is 2.02. The third-order valence-electron chi connectivity index (χ3n) is 1.89. The van der Waals surface area contributed by atoms with Crippen molar-refractivity contribution >= 4 is 11.9 Å². The van der Waals surface area contributed by atoms with E-state index >= 15 is 0 Å². The Morgan fingerprint density at radius 2 is 2.00 bits per heavy atom. The summed E-state index contributed by atoms with van der Waals surface area (Å²) in [6.07, 6.45) is 4.23. The Bertz CT molecular complexity index is 353. The van der Waals surface area contributed by atoms with E-state index in [1.807, 2.05) is 17.4 Å². The average Bonchev–Trinajstić information content (AvgIpc) is 2.25. The zero-order valence-corrected chi connectivity index (χ0v) is 8.77. The van der Waals surface area contributed by atoms with Crippen LogP contribution in [0.3, 0.4) is 0 Å². The van der Waals surface area contributed by atoms with Crippen LogP contribution in [0.15, 0.2) is 24.5 Å². The van der Waals surface area contributed by atoms with Gasteiger partial charge < -0.3 is 11.1 Å². The van der Waals surface area contributed by atoms with Crippen LogP contribution in [0.1, 0.15) is 5.56 Å². The number of hydrogen-bond acceptors (Lipinski definition) is 4. The molecule has 0 radical (unpaired) electrons. The van der Waals surface area contributed by atoms with Crippen LogP contribution in [0.5, 0.6) is 0 Å². The van der Waals surface area contributed by atoms with Crippen molar-refractivity contribution < 1.29 is 9.59 Å². The molecule has 4 N–H and O–H groups in total. The molecule has 0 bridgehead atoms. The van der Waals surface area contributed by atoms with Crippen LogP contribution in [-0.2, 0) is 11.2 Å². The van der Waals surface area contributed by atoms with Crippen LogP contribution < -0.4 is 16.4 Å². The lowest BCUT2D eigenvalue weighted by Crippen LogP contribution is -2.40. The highest BCUT2D eigenvalue weighted by Crippen LogP contribution is 1.95. The third kappa shape index (κ3) is 5.06. The number of nitrogens with zero attached hydrogens (tertiary/aromatic N) is 1. The first-order valence-corrected chi connectivity index (χ1v) is 4.87. The molecule has 0 saturated carbocycles. The SMILES string of the molecule is NC(=O)NC(=O)CNCCc1ccncc1. The molecule has 0 aliphatic heterocycles. The summed E-state index contributed by atoms with van der Waals surface area (Å²) in [4.78, 5) is 25.2. The van der Waals surface area contributed by atoms with Gasteiger partial charge in [-0.1, -0.05) is 0 Å². The molecule has 0 unspecified atom stereocenters. The molecule has 0 saturated heterocycles. The lowest BCUT2D eigenvalue weighted by atomic mass is 10.2. The summed E-state index contributed by atoms with van der Waals surface area (Å²) in [6, 6.07) is 2.98. The third-order valence-corrected chi connectivity index (χ3v) is 1.89. The van der Waals surface area contributed by atoms with Gasteiger partial charge in [0.15, 0.2) is 0 Å². The van der Waals surface area contributed by atoms with Crippen LogP contribution in [0.25, 0.3) is 0 Å². The van der Waals surface area contributed by atoms with E-state index in [1.54, 1.807) is 12.4 Å². The molecule has 1 rings (SSSR count). The topological polar surface area (TPSA) is 97.1 Å². The standard InChI is InChI=1S/C10H14N4O2/c11-10(16)14-9(15)7-13-6-3-8-1-4-12-5-2-8/h1-2,4-5,13H,3,6-7H2,(H3,11,14,15,16). The van der Waals surface area contributed by atoms with Crippen molar-refractivity contribution in [2.24, 2.45) is 5.73 Å². The molecular weight excluding hydrogens is 208 g/mol. The number of nitrogens with two attached hydrogens (primary N) is 1. The van der Waals surface area contributed by atoms with Crippen LogP contribution in [0, 0.1) is 0 Å². The second-order valence-electron chi connectivity index (χ2n) is 3.19. The van der Waals surface area contributed by atoms with Crippen molar-refractivity contribution in [3.63, 3.8) is 0 Å². The van der Waals surface area contributed by atoms with E-state index in [4.69, 9.17) is 5.73 Å². The number of urea groups is 1. The molecule has 1 heterocycles. The van der Waals surface area contributed by atoms with E-state index in [-0.39, 0.29) is 6.54 Å². The van der Waals surface area contributed by atoms with Gasteiger partial charge in [0.05, 0.1) is 6.54 Å². The maximum Gasteiger partial charge on any atom is 0.318 e. The van der Waals surface area contributed by atoms with Crippen molar-refractivity contribution in [1.29, 1.82) is 0 Å². The summed E-state index contributed by atoms with van der Waals surface area (Å²) in [7, 11) is 0. The molecular formula is C10H14N4O2. The monoisotopic (exact) mass is 222 g/mol. The summed E-state index contributed by atoms with van der Waals surface area (Å²) in [5.74, 6) is -0.428. The first kappa shape index (κ1) is 12.1. The molecule has 1 aromatic rings. The summed E-state index contributed by atoms with van der Waals surface area (Å²) < 4.78 is 0. The number of amides is 3. The summed E-state index contributed by atoms with van der Waals surface area (Å²) in [6.45, 7) is 0.726. The zero-order chi connectivity index (χ0) is 11.8. The lowest BCUT2D eigenvalue weighted by molar-refractivity contribution is -0.119. The Morgan fingerprint density at radius 3 is 2.62 bits per heavy atom. The van der Waals surface area contributed by atoms with E-state index in [0.29, 0.717) is 6.54 Å². The molecule has 6 heteroatoms. The Morgan fingerprint density at radius 1 is 1.31 bits per heavy atom. The van der Waals surface area contributed by atoms with E-state index in [9.17, 15) is 9.59 Å². The summed E-state index contributed by atoms with van der Waals surface area (Å²) >= 11 is 0. The zero-order valence-electron chi connectivity index (χ0n) is 8.77. The maximum absolute atomic E-state index is 11.0. The first-order chi connectivity index (χ1) is 7.68. The van der Waals surface area contributed by atoms with Gasteiger partial charge >= 0.3 is 6.03 Å². The summed E-state index contributed by atoms with van der Waals surface area (Å²) in [5, 5.41) is 4.87. The fourth-order valence-electron chi connectivity index (χ4n) is 1.17. The average molecular weight is 222 g/mol. The fourth-order valence-corrected chi connectivity index (χ4v) is 1.17. The van der Waals surface area contributed by atoms with Gasteiger partial charge in [0.2, 0.25) is 5.91 Å². The smallest absolute Gasteiger partial charge is 0.318 e. The molecule has 3 amide bonds.